The Hall–Kier alpha value is -2.57. The Labute approximate surface area is 129 Å². The number of rotatable bonds is 7. The van der Waals surface area contributed by atoms with Gasteiger partial charge in [-0.3, -0.25) is 9.59 Å². The lowest BCUT2D eigenvalue weighted by Crippen LogP contribution is -2.40. The number of hydrogen-bond acceptors (Lipinski definition) is 5. The Morgan fingerprint density at radius 3 is 2.45 bits per heavy atom. The number of carbonyl (C=O) groups is 3. The molecule has 0 heterocycles. The number of nitrogens with one attached hydrogen (secondary N) is 1. The van der Waals surface area contributed by atoms with E-state index in [2.05, 4.69) is 10.1 Å². The zero-order valence-electron chi connectivity index (χ0n) is 12.7. The molecule has 7 heteroatoms. The van der Waals surface area contributed by atoms with Crippen LogP contribution in [0.15, 0.2) is 30.3 Å². The maximum Gasteiger partial charge on any atom is 0.410 e. The number of ether oxygens (including phenoxy) is 2. The van der Waals surface area contributed by atoms with Gasteiger partial charge in [-0.1, -0.05) is 30.3 Å². The molecule has 0 aliphatic rings. The molecule has 1 N–H and O–H groups in total. The molecule has 1 aromatic rings. The van der Waals surface area contributed by atoms with Crippen LogP contribution in [0.2, 0.25) is 0 Å². The van der Waals surface area contributed by atoms with Crippen LogP contribution in [0.3, 0.4) is 0 Å². The first-order chi connectivity index (χ1) is 10.5. The summed E-state index contributed by atoms with van der Waals surface area (Å²) < 4.78 is 9.74. The molecule has 0 radical (unpaired) electrons. The second kappa shape index (κ2) is 9.38. The number of likely N-dealkylation sites (N-methyl/N-ethyl adjacent to an activating group) is 1. The van der Waals surface area contributed by atoms with Gasteiger partial charge in [0, 0.05) is 7.05 Å². The zero-order valence-corrected chi connectivity index (χ0v) is 12.7. The summed E-state index contributed by atoms with van der Waals surface area (Å²) in [4.78, 5) is 35.5. The molecular weight excluding hydrogens is 288 g/mol. The van der Waals surface area contributed by atoms with Gasteiger partial charge in [0.2, 0.25) is 5.91 Å². The van der Waals surface area contributed by atoms with E-state index in [0.717, 1.165) is 10.5 Å². The van der Waals surface area contributed by atoms with Gasteiger partial charge in [0.05, 0.1) is 6.61 Å². The summed E-state index contributed by atoms with van der Waals surface area (Å²) in [5.41, 5.74) is 0.857. The molecule has 0 fully saturated rings. The van der Waals surface area contributed by atoms with Crippen molar-refractivity contribution in [2.75, 3.05) is 26.7 Å². The van der Waals surface area contributed by atoms with E-state index in [0.29, 0.717) is 0 Å². The molecule has 1 rings (SSSR count). The van der Waals surface area contributed by atoms with Crippen LogP contribution in [0.5, 0.6) is 0 Å². The van der Waals surface area contributed by atoms with Crippen LogP contribution in [0.1, 0.15) is 12.5 Å². The van der Waals surface area contributed by atoms with Crippen LogP contribution in [0.4, 0.5) is 4.79 Å². The SMILES string of the molecule is CCOC(=O)CNC(=O)CN(C)C(=O)OCc1ccccc1. The van der Waals surface area contributed by atoms with Crippen molar-refractivity contribution in [1.82, 2.24) is 10.2 Å². The lowest BCUT2D eigenvalue weighted by molar-refractivity contribution is -0.143. The average Bonchev–Trinajstić information content (AvgIpc) is 2.52. The molecule has 0 aliphatic heterocycles. The average molecular weight is 308 g/mol. The normalized spacial score (nSPS) is 9.73. The first-order valence-corrected chi connectivity index (χ1v) is 6.87. The Morgan fingerprint density at radius 1 is 1.14 bits per heavy atom. The van der Waals surface area contributed by atoms with Crippen LogP contribution in [-0.4, -0.2) is 49.6 Å². The largest absolute Gasteiger partial charge is 0.465 e. The van der Waals surface area contributed by atoms with Crippen LogP contribution >= 0.6 is 0 Å². The summed E-state index contributed by atoms with van der Waals surface area (Å²) in [5, 5.41) is 2.36. The van der Waals surface area contributed by atoms with Crippen LogP contribution in [0.25, 0.3) is 0 Å². The monoisotopic (exact) mass is 308 g/mol. The van der Waals surface area contributed by atoms with Crippen LogP contribution in [0, 0.1) is 0 Å². The molecule has 22 heavy (non-hydrogen) atoms. The van der Waals surface area contributed by atoms with Gasteiger partial charge < -0.3 is 19.7 Å². The third-order valence-corrected chi connectivity index (χ3v) is 2.63. The standard InChI is InChI=1S/C15H20N2O5/c1-3-21-14(19)9-16-13(18)10-17(2)15(20)22-11-12-7-5-4-6-8-12/h4-8H,3,9-11H2,1-2H3,(H,16,18). The van der Waals surface area contributed by atoms with E-state index in [-0.39, 0.29) is 26.3 Å². The first kappa shape index (κ1) is 17.5. The van der Waals surface area contributed by atoms with Gasteiger partial charge in [-0.25, -0.2) is 4.79 Å². The number of esters is 1. The Bertz CT molecular complexity index is 504. The molecule has 2 amide bonds. The molecule has 0 aliphatic carbocycles. The lowest BCUT2D eigenvalue weighted by Gasteiger charge is -2.16. The van der Waals surface area contributed by atoms with E-state index >= 15 is 0 Å². The van der Waals surface area contributed by atoms with E-state index in [1.54, 1.807) is 6.92 Å². The van der Waals surface area contributed by atoms with Gasteiger partial charge >= 0.3 is 12.1 Å². The van der Waals surface area contributed by atoms with Crippen molar-refractivity contribution in [3.05, 3.63) is 35.9 Å². The molecular formula is C15H20N2O5. The molecule has 7 nitrogen and oxygen atoms in total. The van der Waals surface area contributed by atoms with Crippen molar-refractivity contribution in [3.63, 3.8) is 0 Å². The number of nitrogens with zero attached hydrogens (tertiary/aromatic N) is 1. The third-order valence-electron chi connectivity index (χ3n) is 2.63. The maximum absolute atomic E-state index is 11.7. The highest BCUT2D eigenvalue weighted by Crippen LogP contribution is 2.02. The third kappa shape index (κ3) is 6.74. The van der Waals surface area contributed by atoms with Crippen molar-refractivity contribution in [2.45, 2.75) is 13.5 Å². The quantitative estimate of drug-likeness (QED) is 0.758. The van der Waals surface area contributed by atoms with Gasteiger partial charge in [0.15, 0.2) is 0 Å². The highest BCUT2D eigenvalue weighted by atomic mass is 16.6. The minimum atomic E-state index is -0.616. The molecule has 1 aromatic carbocycles. The van der Waals surface area contributed by atoms with Crippen molar-refractivity contribution in [2.24, 2.45) is 0 Å². The molecule has 0 bridgehead atoms. The fraction of sp³-hybridized carbons (Fsp3) is 0.400. The van der Waals surface area contributed by atoms with E-state index < -0.39 is 18.0 Å². The number of hydrogen-bond donors (Lipinski definition) is 1. The smallest absolute Gasteiger partial charge is 0.410 e. The van der Waals surface area contributed by atoms with Crippen molar-refractivity contribution in [3.8, 4) is 0 Å². The minimum Gasteiger partial charge on any atom is -0.465 e. The summed E-state index contributed by atoms with van der Waals surface area (Å²) in [5.74, 6) is -0.989. The van der Waals surface area contributed by atoms with Gasteiger partial charge in [-0.05, 0) is 12.5 Å². The number of amides is 2. The van der Waals surface area contributed by atoms with Gasteiger partial charge in [-0.2, -0.15) is 0 Å². The fourth-order valence-electron chi connectivity index (χ4n) is 1.55. The van der Waals surface area contributed by atoms with Gasteiger partial charge in [0.25, 0.3) is 0 Å². The molecule has 0 saturated carbocycles. The minimum absolute atomic E-state index is 0.133. The van der Waals surface area contributed by atoms with Crippen LogP contribution < -0.4 is 5.32 Å². The fourth-order valence-corrected chi connectivity index (χ4v) is 1.55. The van der Waals surface area contributed by atoms with E-state index in [1.165, 1.54) is 7.05 Å². The molecule has 0 atom stereocenters. The molecule has 0 unspecified atom stereocenters. The van der Waals surface area contributed by atoms with Crippen molar-refractivity contribution < 1.29 is 23.9 Å². The van der Waals surface area contributed by atoms with Gasteiger partial charge in [-0.15, -0.1) is 0 Å². The summed E-state index contributed by atoms with van der Waals surface area (Å²) in [6, 6.07) is 9.22. The van der Waals surface area contributed by atoms with Crippen molar-refractivity contribution in [1.29, 1.82) is 0 Å². The molecule has 0 spiro atoms. The summed E-state index contributed by atoms with van der Waals surface area (Å²) >= 11 is 0. The first-order valence-electron chi connectivity index (χ1n) is 6.87. The summed E-state index contributed by atoms with van der Waals surface area (Å²) in [6.07, 6.45) is -0.616. The Kier molecular flexibility index (Phi) is 7.45. The van der Waals surface area contributed by atoms with E-state index in [4.69, 9.17) is 4.74 Å². The summed E-state index contributed by atoms with van der Waals surface area (Å²) in [7, 11) is 1.44. The molecule has 120 valence electrons. The maximum atomic E-state index is 11.7. The molecule has 0 saturated heterocycles. The van der Waals surface area contributed by atoms with Gasteiger partial charge in [0.1, 0.15) is 19.7 Å². The second-order valence-corrected chi connectivity index (χ2v) is 4.48. The Morgan fingerprint density at radius 2 is 1.82 bits per heavy atom. The van der Waals surface area contributed by atoms with Crippen molar-refractivity contribution >= 4 is 18.0 Å². The highest BCUT2D eigenvalue weighted by molar-refractivity contribution is 5.85. The molecule has 0 aromatic heterocycles. The second-order valence-electron chi connectivity index (χ2n) is 4.48. The zero-order chi connectivity index (χ0) is 16.4. The summed E-state index contributed by atoms with van der Waals surface area (Å²) in [6.45, 7) is 1.64. The predicted octanol–water partition coefficient (Wildman–Crippen LogP) is 0.934. The van der Waals surface area contributed by atoms with Crippen LogP contribution in [-0.2, 0) is 25.7 Å². The Balaban J connectivity index is 2.28. The number of benzene rings is 1. The number of carbonyl (C=O) groups excluding carboxylic acids is 3. The van der Waals surface area contributed by atoms with E-state index in [9.17, 15) is 14.4 Å². The topological polar surface area (TPSA) is 84.9 Å². The lowest BCUT2D eigenvalue weighted by atomic mass is 10.2. The van der Waals surface area contributed by atoms with E-state index in [1.807, 2.05) is 30.3 Å². The predicted molar refractivity (Wildman–Crippen MR) is 78.9 cm³/mol. The highest BCUT2D eigenvalue weighted by Gasteiger charge is 2.15.